The van der Waals surface area contributed by atoms with E-state index in [0.29, 0.717) is 23.5 Å². The first-order chi connectivity index (χ1) is 17.3. The maximum Gasteiger partial charge on any atom is 0.244 e. The van der Waals surface area contributed by atoms with Crippen LogP contribution in [0.3, 0.4) is 0 Å². The average molecular weight is 487 g/mol. The Morgan fingerprint density at radius 1 is 0.972 bits per heavy atom. The number of hydrogen-bond acceptors (Lipinski definition) is 7. The van der Waals surface area contributed by atoms with Crippen LogP contribution < -0.4 is 4.74 Å². The molecule has 0 radical (unpaired) electrons. The van der Waals surface area contributed by atoms with Gasteiger partial charge in [0.05, 0.1) is 30.7 Å². The number of nitriles is 3. The zero-order chi connectivity index (χ0) is 26.0. The molecule has 0 saturated carbocycles. The van der Waals surface area contributed by atoms with Gasteiger partial charge in [-0.2, -0.15) is 15.8 Å². The molecule has 1 N–H and O–H groups in total. The summed E-state index contributed by atoms with van der Waals surface area (Å²) in [5.74, 6) is -2.91. The summed E-state index contributed by atoms with van der Waals surface area (Å²) in [6, 6.07) is 18.4. The van der Waals surface area contributed by atoms with E-state index in [0.717, 1.165) is 25.7 Å². The molecule has 7 nitrogen and oxygen atoms in total. The van der Waals surface area contributed by atoms with E-state index >= 15 is 0 Å². The van der Waals surface area contributed by atoms with E-state index in [1.807, 2.05) is 12.1 Å². The SMILES string of the molecule is CCCCCCOc1ccc(C2OC3(c4ccc(F)cc4)OC(=N)C(C#N)(C3C)C2(C#N)C#N)cc1. The molecular weight excluding hydrogens is 459 g/mol. The zero-order valence-electron chi connectivity index (χ0n) is 20.3. The maximum atomic E-state index is 13.7. The Morgan fingerprint density at radius 3 is 2.22 bits per heavy atom. The molecule has 2 bridgehead atoms. The molecule has 0 aromatic heterocycles. The molecular formula is C28H27FN4O3. The van der Waals surface area contributed by atoms with Crippen molar-refractivity contribution in [2.24, 2.45) is 16.7 Å². The number of hydrogen-bond donors (Lipinski definition) is 1. The smallest absolute Gasteiger partial charge is 0.244 e. The third kappa shape index (κ3) is 3.51. The maximum absolute atomic E-state index is 13.7. The van der Waals surface area contributed by atoms with Gasteiger partial charge in [0.15, 0.2) is 5.41 Å². The van der Waals surface area contributed by atoms with Crippen LogP contribution >= 0.6 is 0 Å². The van der Waals surface area contributed by atoms with Gasteiger partial charge in [-0.05, 0) is 48.4 Å². The summed E-state index contributed by atoms with van der Waals surface area (Å²) >= 11 is 0. The minimum Gasteiger partial charge on any atom is -0.494 e. The highest BCUT2D eigenvalue weighted by Gasteiger charge is 2.79. The number of ether oxygens (including phenoxy) is 3. The van der Waals surface area contributed by atoms with E-state index in [4.69, 9.17) is 19.6 Å². The molecule has 0 amide bonds. The summed E-state index contributed by atoms with van der Waals surface area (Å²) in [4.78, 5) is 0. The number of halogens is 1. The third-order valence-corrected chi connectivity index (χ3v) is 7.36. The van der Waals surface area contributed by atoms with Crippen LogP contribution in [0, 0.1) is 62.0 Å². The van der Waals surface area contributed by atoms with Crippen LogP contribution in [0.25, 0.3) is 0 Å². The van der Waals surface area contributed by atoms with E-state index in [-0.39, 0.29) is 0 Å². The Hall–Kier alpha value is -3.93. The highest BCUT2D eigenvalue weighted by molar-refractivity contribution is 5.89. The quantitative estimate of drug-likeness (QED) is 0.464. The summed E-state index contributed by atoms with van der Waals surface area (Å²) in [6.45, 7) is 4.34. The molecule has 4 unspecified atom stereocenters. The average Bonchev–Trinajstić information content (AvgIpc) is 3.05. The fourth-order valence-corrected chi connectivity index (χ4v) is 5.31. The summed E-state index contributed by atoms with van der Waals surface area (Å²) in [5, 5.41) is 39.6. The second kappa shape index (κ2) is 9.61. The molecule has 2 heterocycles. The number of nitrogens with zero attached hydrogens (tertiary/aromatic N) is 3. The fraction of sp³-hybridized carbons (Fsp3) is 0.429. The Morgan fingerprint density at radius 2 is 1.64 bits per heavy atom. The first-order valence-electron chi connectivity index (χ1n) is 12.0. The lowest BCUT2D eigenvalue weighted by atomic mass is 9.53. The molecule has 2 aliphatic rings. The lowest BCUT2D eigenvalue weighted by molar-refractivity contribution is -0.288. The summed E-state index contributed by atoms with van der Waals surface area (Å²) in [6.07, 6.45) is 3.09. The van der Waals surface area contributed by atoms with Gasteiger partial charge >= 0.3 is 0 Å². The van der Waals surface area contributed by atoms with Crippen molar-refractivity contribution in [1.29, 1.82) is 21.2 Å². The van der Waals surface area contributed by atoms with Gasteiger partial charge in [0, 0.05) is 5.56 Å². The van der Waals surface area contributed by atoms with Gasteiger partial charge in [-0.1, -0.05) is 45.2 Å². The molecule has 0 spiro atoms. The highest BCUT2D eigenvalue weighted by atomic mass is 19.1. The monoisotopic (exact) mass is 486 g/mol. The molecule has 2 aromatic carbocycles. The minimum atomic E-state index is -2.07. The molecule has 2 saturated heterocycles. The van der Waals surface area contributed by atoms with Crippen LogP contribution in [0.1, 0.15) is 56.8 Å². The molecule has 4 atom stereocenters. The van der Waals surface area contributed by atoms with E-state index in [1.54, 1.807) is 31.2 Å². The van der Waals surface area contributed by atoms with Crippen LogP contribution in [0.2, 0.25) is 0 Å². The van der Waals surface area contributed by atoms with Gasteiger partial charge in [-0.25, -0.2) is 4.39 Å². The van der Waals surface area contributed by atoms with Crippen molar-refractivity contribution >= 4 is 5.90 Å². The van der Waals surface area contributed by atoms with E-state index in [9.17, 15) is 20.2 Å². The minimum absolute atomic E-state index is 0.389. The van der Waals surface area contributed by atoms with Crippen molar-refractivity contribution in [3.05, 3.63) is 65.5 Å². The molecule has 2 aromatic rings. The number of unbranched alkanes of at least 4 members (excludes halogenated alkanes) is 3. The van der Waals surface area contributed by atoms with E-state index < -0.39 is 40.4 Å². The zero-order valence-corrected chi connectivity index (χ0v) is 20.3. The predicted molar refractivity (Wildman–Crippen MR) is 128 cm³/mol. The number of fused-ring (bicyclic) bond motifs is 2. The highest BCUT2D eigenvalue weighted by Crippen LogP contribution is 2.68. The first kappa shape index (κ1) is 25.2. The van der Waals surface area contributed by atoms with Crippen molar-refractivity contribution in [3.63, 3.8) is 0 Å². The van der Waals surface area contributed by atoms with Gasteiger partial charge in [0.1, 0.15) is 17.7 Å². The van der Waals surface area contributed by atoms with Crippen molar-refractivity contribution in [1.82, 2.24) is 0 Å². The molecule has 2 aliphatic heterocycles. The Balaban J connectivity index is 1.76. The normalized spacial score (nSPS) is 27.8. The second-order valence-corrected chi connectivity index (χ2v) is 9.25. The number of benzene rings is 2. The van der Waals surface area contributed by atoms with Crippen LogP contribution in [-0.2, 0) is 15.3 Å². The fourth-order valence-electron chi connectivity index (χ4n) is 5.31. The third-order valence-electron chi connectivity index (χ3n) is 7.36. The molecule has 36 heavy (non-hydrogen) atoms. The van der Waals surface area contributed by atoms with Crippen LogP contribution in [0.5, 0.6) is 5.75 Å². The van der Waals surface area contributed by atoms with Gasteiger partial charge < -0.3 is 14.2 Å². The van der Waals surface area contributed by atoms with Crippen molar-refractivity contribution in [2.75, 3.05) is 6.61 Å². The van der Waals surface area contributed by atoms with Crippen LogP contribution in [0.15, 0.2) is 48.5 Å². The summed E-state index contributed by atoms with van der Waals surface area (Å²) < 4.78 is 31.8. The molecule has 0 aliphatic carbocycles. The summed E-state index contributed by atoms with van der Waals surface area (Å²) in [5.41, 5.74) is -3.13. The van der Waals surface area contributed by atoms with Gasteiger partial charge in [0.25, 0.3) is 0 Å². The van der Waals surface area contributed by atoms with Crippen molar-refractivity contribution in [3.8, 4) is 24.0 Å². The van der Waals surface area contributed by atoms with Gasteiger partial charge in [-0.3, -0.25) is 5.41 Å². The van der Waals surface area contributed by atoms with E-state index in [1.165, 1.54) is 24.3 Å². The topological polar surface area (TPSA) is 123 Å². The lowest BCUT2D eigenvalue weighted by Gasteiger charge is -2.48. The number of rotatable bonds is 8. The molecule has 8 heteroatoms. The van der Waals surface area contributed by atoms with E-state index in [2.05, 4.69) is 13.0 Å². The van der Waals surface area contributed by atoms with Gasteiger partial charge in [-0.15, -0.1) is 0 Å². The Labute approximate surface area is 210 Å². The standard InChI is InChI=1S/C28H27FN4O3/c1-3-4-5-6-15-34-23-13-7-20(8-14-23)24-26(16-30,17-31)27(18-32)19(2)28(35-24,36-25(27)33)21-9-11-22(29)12-10-21/h7-14,19,24,33H,3-6,15H2,1-2H3. The molecule has 2 fully saturated rings. The number of nitrogens with one attached hydrogen (secondary N) is 1. The second-order valence-electron chi connectivity index (χ2n) is 9.25. The molecule has 4 rings (SSSR count). The largest absolute Gasteiger partial charge is 0.494 e. The predicted octanol–water partition coefficient (Wildman–Crippen LogP) is 5.90. The Kier molecular flexibility index (Phi) is 6.72. The van der Waals surface area contributed by atoms with Crippen molar-refractivity contribution < 1.29 is 18.6 Å². The Bertz CT molecular complexity index is 1240. The lowest BCUT2D eigenvalue weighted by Crippen LogP contribution is -2.57. The first-order valence-corrected chi connectivity index (χ1v) is 12.0. The van der Waals surface area contributed by atoms with Crippen LogP contribution in [-0.4, -0.2) is 12.5 Å². The van der Waals surface area contributed by atoms with Gasteiger partial charge in [0.2, 0.25) is 17.1 Å². The van der Waals surface area contributed by atoms with Crippen molar-refractivity contribution in [2.45, 2.75) is 51.4 Å². The molecule has 184 valence electrons. The van der Waals surface area contributed by atoms with Crippen LogP contribution in [0.4, 0.5) is 4.39 Å². The summed E-state index contributed by atoms with van der Waals surface area (Å²) in [7, 11) is 0.